The van der Waals surface area contributed by atoms with Crippen molar-refractivity contribution in [1.29, 1.82) is 0 Å². The predicted molar refractivity (Wildman–Crippen MR) is 55.6 cm³/mol. The van der Waals surface area contributed by atoms with Gasteiger partial charge in [-0.15, -0.1) is 0 Å². The Morgan fingerprint density at radius 1 is 1.31 bits per heavy atom. The first-order valence-electron chi connectivity index (χ1n) is 4.32. The Kier molecular flexibility index (Phi) is 4.13. The van der Waals surface area contributed by atoms with Crippen molar-refractivity contribution in [2.45, 2.75) is 18.4 Å². The summed E-state index contributed by atoms with van der Waals surface area (Å²) < 4.78 is 0. The summed E-state index contributed by atoms with van der Waals surface area (Å²) in [6.07, 6.45) is 1.71. The molecular weight excluding hydrogens is 197 g/mol. The van der Waals surface area contributed by atoms with Crippen LogP contribution in [0, 0.1) is 0 Å². The molecule has 0 amide bonds. The van der Waals surface area contributed by atoms with Crippen molar-refractivity contribution in [2.75, 3.05) is 24.6 Å². The molecule has 5 heteroatoms. The molecule has 70 valence electrons. The van der Waals surface area contributed by atoms with E-state index in [0.717, 1.165) is 37.4 Å². The van der Waals surface area contributed by atoms with Crippen LogP contribution in [0.15, 0.2) is 0 Å². The molecule has 2 rings (SSSR count). The molecule has 0 unspecified atom stereocenters. The summed E-state index contributed by atoms with van der Waals surface area (Å²) in [4.78, 5) is 13.1. The van der Waals surface area contributed by atoms with Gasteiger partial charge < -0.3 is 5.11 Å². The van der Waals surface area contributed by atoms with Crippen LogP contribution in [0.4, 0.5) is 0 Å². The Labute approximate surface area is 105 Å². The molecule has 0 aromatic carbocycles. The maximum absolute atomic E-state index is 10.9. The van der Waals surface area contributed by atoms with E-state index in [-0.39, 0.29) is 29.6 Å². The molecule has 1 heterocycles. The Morgan fingerprint density at radius 3 is 2.23 bits per heavy atom. The third-order valence-corrected chi connectivity index (χ3v) is 3.68. The van der Waals surface area contributed by atoms with E-state index in [0.29, 0.717) is 0 Å². The standard InChI is InChI=1S/C8H13NO2S.Na.H/c10-7(11)8(1-2-8)9-3-5-12-6-4-9;;/h1-6H2,(H,10,11);;. The van der Waals surface area contributed by atoms with Crippen LogP contribution in [-0.2, 0) is 4.79 Å². The monoisotopic (exact) mass is 211 g/mol. The van der Waals surface area contributed by atoms with Crippen LogP contribution in [0.1, 0.15) is 12.8 Å². The number of carboxylic acids is 1. The van der Waals surface area contributed by atoms with Crippen LogP contribution >= 0.6 is 11.8 Å². The van der Waals surface area contributed by atoms with Gasteiger partial charge in [0.25, 0.3) is 0 Å². The first-order chi connectivity index (χ1) is 5.76. The molecule has 1 aliphatic carbocycles. The SMILES string of the molecule is O=C(O)C1(N2CCSCC2)CC1.[NaH]. The van der Waals surface area contributed by atoms with Crippen LogP contribution < -0.4 is 0 Å². The van der Waals surface area contributed by atoms with Crippen LogP contribution in [-0.4, -0.2) is 75.7 Å². The fourth-order valence-corrected chi connectivity index (χ4v) is 2.68. The molecule has 13 heavy (non-hydrogen) atoms. The molecule has 1 N–H and O–H groups in total. The van der Waals surface area contributed by atoms with Gasteiger partial charge in [-0.1, -0.05) is 0 Å². The van der Waals surface area contributed by atoms with Crippen molar-refractivity contribution in [3.63, 3.8) is 0 Å². The van der Waals surface area contributed by atoms with Crippen LogP contribution in [0.5, 0.6) is 0 Å². The fourth-order valence-electron chi connectivity index (χ4n) is 1.78. The average molecular weight is 211 g/mol. The zero-order chi connectivity index (χ0) is 8.60. The van der Waals surface area contributed by atoms with E-state index in [1.807, 2.05) is 11.8 Å². The topological polar surface area (TPSA) is 40.5 Å². The fraction of sp³-hybridized carbons (Fsp3) is 0.875. The summed E-state index contributed by atoms with van der Waals surface area (Å²) in [6, 6.07) is 0. The van der Waals surface area contributed by atoms with Gasteiger partial charge in [0.15, 0.2) is 0 Å². The average Bonchev–Trinajstić information content (AvgIpc) is 2.86. The minimum absolute atomic E-state index is 0. The zero-order valence-corrected chi connectivity index (χ0v) is 7.77. The van der Waals surface area contributed by atoms with E-state index < -0.39 is 11.5 Å². The number of thioether (sulfide) groups is 1. The molecule has 1 saturated carbocycles. The van der Waals surface area contributed by atoms with Gasteiger partial charge in [0, 0.05) is 24.6 Å². The van der Waals surface area contributed by atoms with Crippen molar-refractivity contribution < 1.29 is 9.90 Å². The summed E-state index contributed by atoms with van der Waals surface area (Å²) in [5.41, 5.74) is -0.443. The van der Waals surface area contributed by atoms with Crippen molar-refractivity contribution >= 4 is 47.3 Å². The van der Waals surface area contributed by atoms with Crippen molar-refractivity contribution in [3.8, 4) is 0 Å². The summed E-state index contributed by atoms with van der Waals surface area (Å²) in [5, 5.41) is 9.01. The van der Waals surface area contributed by atoms with Crippen LogP contribution in [0.25, 0.3) is 0 Å². The first-order valence-corrected chi connectivity index (χ1v) is 5.47. The Morgan fingerprint density at radius 2 is 1.85 bits per heavy atom. The molecule has 1 saturated heterocycles. The van der Waals surface area contributed by atoms with E-state index in [4.69, 9.17) is 5.11 Å². The second kappa shape index (κ2) is 4.53. The Balaban J connectivity index is 0.000000845. The third kappa shape index (κ3) is 2.23. The van der Waals surface area contributed by atoms with E-state index in [1.54, 1.807) is 0 Å². The second-order valence-corrected chi connectivity index (χ2v) is 4.66. The van der Waals surface area contributed by atoms with Gasteiger partial charge in [-0.25, -0.2) is 0 Å². The quantitative estimate of drug-likeness (QED) is 0.653. The zero-order valence-electron chi connectivity index (χ0n) is 6.95. The molecule has 2 aliphatic rings. The molecule has 3 nitrogen and oxygen atoms in total. The van der Waals surface area contributed by atoms with Gasteiger partial charge in [0.05, 0.1) is 0 Å². The minimum atomic E-state index is -0.616. The number of carboxylic acid groups (broad SMARTS) is 1. The first kappa shape index (κ1) is 11.9. The van der Waals surface area contributed by atoms with Crippen LogP contribution in [0.3, 0.4) is 0 Å². The molecule has 0 bridgehead atoms. The number of aliphatic carboxylic acids is 1. The van der Waals surface area contributed by atoms with Gasteiger partial charge in [-0.2, -0.15) is 11.8 Å². The van der Waals surface area contributed by atoms with E-state index in [1.165, 1.54) is 0 Å². The van der Waals surface area contributed by atoms with Crippen molar-refractivity contribution in [1.82, 2.24) is 4.90 Å². The normalized spacial score (nSPS) is 26.2. The van der Waals surface area contributed by atoms with Gasteiger partial charge in [0.1, 0.15) is 5.54 Å². The van der Waals surface area contributed by atoms with Gasteiger partial charge in [-0.05, 0) is 12.8 Å². The molecule has 0 aromatic heterocycles. The number of rotatable bonds is 2. The molecule has 2 fully saturated rings. The predicted octanol–water partition coefficient (Wildman–Crippen LogP) is 0.00390. The molecule has 0 radical (unpaired) electrons. The van der Waals surface area contributed by atoms with Crippen LogP contribution in [0.2, 0.25) is 0 Å². The van der Waals surface area contributed by atoms with Crippen molar-refractivity contribution in [3.05, 3.63) is 0 Å². The molecular formula is C8H14NNaO2S. The van der Waals surface area contributed by atoms with Gasteiger partial charge in [-0.3, -0.25) is 9.69 Å². The number of hydrogen-bond acceptors (Lipinski definition) is 3. The summed E-state index contributed by atoms with van der Waals surface area (Å²) in [7, 11) is 0. The third-order valence-electron chi connectivity index (χ3n) is 2.74. The Bertz CT molecular complexity index is 202. The molecule has 0 atom stereocenters. The second-order valence-electron chi connectivity index (χ2n) is 3.44. The van der Waals surface area contributed by atoms with E-state index in [2.05, 4.69) is 4.90 Å². The van der Waals surface area contributed by atoms with Gasteiger partial charge >= 0.3 is 35.5 Å². The molecule has 1 aliphatic heterocycles. The van der Waals surface area contributed by atoms with E-state index in [9.17, 15) is 4.79 Å². The Hall–Kier alpha value is 0.780. The summed E-state index contributed by atoms with van der Waals surface area (Å²) in [6.45, 7) is 1.91. The van der Waals surface area contributed by atoms with E-state index >= 15 is 0 Å². The van der Waals surface area contributed by atoms with Gasteiger partial charge in [0.2, 0.25) is 0 Å². The number of nitrogens with zero attached hydrogens (tertiary/aromatic N) is 1. The summed E-state index contributed by atoms with van der Waals surface area (Å²) >= 11 is 1.92. The number of carbonyl (C=O) groups is 1. The maximum atomic E-state index is 10.9. The molecule has 0 aromatic rings. The van der Waals surface area contributed by atoms with Crippen molar-refractivity contribution in [2.24, 2.45) is 0 Å². The number of hydrogen-bond donors (Lipinski definition) is 1. The summed E-state index contributed by atoms with van der Waals surface area (Å²) in [5.74, 6) is 1.57. The molecule has 0 spiro atoms.